The molecular weight excluding hydrogens is 316 g/mol. The van der Waals surface area contributed by atoms with Gasteiger partial charge in [-0.3, -0.25) is 0 Å². The summed E-state index contributed by atoms with van der Waals surface area (Å²) < 4.78 is 8.14. The third kappa shape index (κ3) is 2.47. The van der Waals surface area contributed by atoms with Crippen LogP contribution in [0.25, 0.3) is 16.8 Å². The van der Waals surface area contributed by atoms with Crippen molar-refractivity contribution in [2.24, 2.45) is 0 Å². The van der Waals surface area contributed by atoms with Crippen LogP contribution in [0.1, 0.15) is 0 Å². The van der Waals surface area contributed by atoms with Gasteiger partial charge in [0, 0.05) is 22.3 Å². The number of aromatic nitrogens is 2. The highest BCUT2D eigenvalue weighted by Gasteiger charge is 2.06. The van der Waals surface area contributed by atoms with Gasteiger partial charge in [0.15, 0.2) is 0 Å². The van der Waals surface area contributed by atoms with Gasteiger partial charge in [-0.2, -0.15) is 5.10 Å². The number of ether oxygens (including phenoxy) is 1. The van der Waals surface area contributed by atoms with E-state index in [1.54, 1.807) is 7.11 Å². The van der Waals surface area contributed by atoms with Crippen molar-refractivity contribution in [3.8, 4) is 22.6 Å². The van der Waals surface area contributed by atoms with Gasteiger partial charge in [0.05, 0.1) is 19.0 Å². The van der Waals surface area contributed by atoms with Crippen molar-refractivity contribution in [3.63, 3.8) is 0 Å². The summed E-state index contributed by atoms with van der Waals surface area (Å²) in [5.41, 5.74) is 3.17. The van der Waals surface area contributed by atoms with E-state index < -0.39 is 0 Å². The topological polar surface area (TPSA) is 27.1 Å². The Kier molecular flexibility index (Phi) is 3.56. The molecule has 1 aromatic heterocycles. The maximum absolute atomic E-state index is 5.24. The third-order valence-electron chi connectivity index (χ3n) is 3.09. The zero-order valence-electron chi connectivity index (χ0n) is 11.0. The van der Waals surface area contributed by atoms with Crippen LogP contribution in [-0.4, -0.2) is 16.9 Å². The highest BCUT2D eigenvalue weighted by atomic mass is 79.9. The van der Waals surface area contributed by atoms with Crippen molar-refractivity contribution < 1.29 is 4.74 Å². The molecule has 0 aliphatic carbocycles. The lowest BCUT2D eigenvalue weighted by atomic mass is 10.1. The Morgan fingerprint density at radius 3 is 2.75 bits per heavy atom. The van der Waals surface area contributed by atoms with Gasteiger partial charge in [-0.05, 0) is 23.8 Å². The molecule has 0 aliphatic rings. The summed E-state index contributed by atoms with van der Waals surface area (Å²) in [4.78, 5) is 0. The average molecular weight is 329 g/mol. The molecule has 0 saturated carbocycles. The largest absolute Gasteiger partial charge is 0.497 e. The van der Waals surface area contributed by atoms with E-state index in [4.69, 9.17) is 4.74 Å². The second-order valence-electron chi connectivity index (χ2n) is 4.35. The predicted octanol–water partition coefficient (Wildman–Crippen LogP) is 4.31. The van der Waals surface area contributed by atoms with Crippen LogP contribution in [0, 0.1) is 0 Å². The van der Waals surface area contributed by atoms with Crippen LogP contribution in [0.5, 0.6) is 5.75 Å². The number of rotatable bonds is 3. The molecular formula is C16H13BrN2O. The normalized spacial score (nSPS) is 10.5. The van der Waals surface area contributed by atoms with Crippen molar-refractivity contribution in [3.05, 3.63) is 65.4 Å². The van der Waals surface area contributed by atoms with Gasteiger partial charge in [-0.25, -0.2) is 4.68 Å². The van der Waals surface area contributed by atoms with E-state index in [0.717, 1.165) is 27.0 Å². The zero-order valence-corrected chi connectivity index (χ0v) is 12.5. The molecule has 1 heterocycles. The smallest absolute Gasteiger partial charge is 0.121 e. The Labute approximate surface area is 125 Å². The minimum absolute atomic E-state index is 0.820. The summed E-state index contributed by atoms with van der Waals surface area (Å²) in [6, 6.07) is 15.9. The molecule has 4 heteroatoms. The van der Waals surface area contributed by atoms with E-state index in [-0.39, 0.29) is 0 Å². The molecule has 0 saturated heterocycles. The van der Waals surface area contributed by atoms with E-state index in [9.17, 15) is 0 Å². The van der Waals surface area contributed by atoms with Gasteiger partial charge in [0.25, 0.3) is 0 Å². The molecule has 20 heavy (non-hydrogen) atoms. The van der Waals surface area contributed by atoms with E-state index in [2.05, 4.69) is 27.1 Å². The van der Waals surface area contributed by atoms with Crippen molar-refractivity contribution in [2.75, 3.05) is 7.11 Å². The van der Waals surface area contributed by atoms with Crippen molar-refractivity contribution in [1.82, 2.24) is 9.78 Å². The molecule has 0 radical (unpaired) electrons. The molecule has 2 aromatic carbocycles. The Morgan fingerprint density at radius 2 is 1.95 bits per heavy atom. The van der Waals surface area contributed by atoms with E-state index in [0.29, 0.717) is 0 Å². The maximum Gasteiger partial charge on any atom is 0.121 e. The maximum atomic E-state index is 5.24. The molecule has 0 N–H and O–H groups in total. The van der Waals surface area contributed by atoms with E-state index in [1.807, 2.05) is 59.5 Å². The molecule has 0 aliphatic heterocycles. The Bertz CT molecular complexity index is 737. The van der Waals surface area contributed by atoms with Crippen LogP contribution in [0.3, 0.4) is 0 Å². The SMILES string of the molecule is COc1cccc(-n2cc(-c3ccccc3Br)cn2)c1. The molecule has 0 amide bonds. The summed E-state index contributed by atoms with van der Waals surface area (Å²) in [6.45, 7) is 0. The van der Waals surface area contributed by atoms with E-state index in [1.165, 1.54) is 0 Å². The number of halogens is 1. The summed E-state index contributed by atoms with van der Waals surface area (Å²) in [5.74, 6) is 0.820. The lowest BCUT2D eigenvalue weighted by Gasteiger charge is -2.04. The quantitative estimate of drug-likeness (QED) is 0.716. The van der Waals surface area contributed by atoms with Crippen molar-refractivity contribution in [2.45, 2.75) is 0 Å². The lowest BCUT2D eigenvalue weighted by molar-refractivity contribution is 0.414. The molecule has 100 valence electrons. The Hall–Kier alpha value is -2.07. The van der Waals surface area contributed by atoms with Crippen molar-refractivity contribution in [1.29, 1.82) is 0 Å². The highest BCUT2D eigenvalue weighted by molar-refractivity contribution is 9.10. The van der Waals surface area contributed by atoms with Gasteiger partial charge in [0.1, 0.15) is 5.75 Å². The first-order chi connectivity index (χ1) is 9.78. The predicted molar refractivity (Wildman–Crippen MR) is 83.3 cm³/mol. The summed E-state index contributed by atoms with van der Waals surface area (Å²) in [6.07, 6.45) is 3.87. The number of hydrogen-bond acceptors (Lipinski definition) is 2. The molecule has 0 bridgehead atoms. The summed E-state index contributed by atoms with van der Waals surface area (Å²) in [7, 11) is 1.66. The fraction of sp³-hybridized carbons (Fsp3) is 0.0625. The number of benzene rings is 2. The first-order valence-electron chi connectivity index (χ1n) is 6.22. The lowest BCUT2D eigenvalue weighted by Crippen LogP contribution is -1.94. The van der Waals surface area contributed by atoms with Crippen LogP contribution >= 0.6 is 15.9 Å². The Balaban J connectivity index is 2.00. The molecule has 0 spiro atoms. The minimum atomic E-state index is 0.820. The van der Waals surface area contributed by atoms with Gasteiger partial charge in [0.2, 0.25) is 0 Å². The van der Waals surface area contributed by atoms with Gasteiger partial charge in [-0.15, -0.1) is 0 Å². The second kappa shape index (κ2) is 5.51. The van der Waals surface area contributed by atoms with Gasteiger partial charge in [-0.1, -0.05) is 40.2 Å². The molecule has 0 atom stereocenters. The van der Waals surface area contributed by atoms with Crippen LogP contribution in [0.2, 0.25) is 0 Å². The fourth-order valence-electron chi connectivity index (χ4n) is 2.05. The standard InChI is InChI=1S/C16H13BrN2O/c1-20-14-6-4-5-13(9-14)19-11-12(10-18-19)15-7-2-3-8-16(15)17/h2-11H,1H3. The van der Waals surface area contributed by atoms with Gasteiger partial charge < -0.3 is 4.74 Å². The molecule has 3 aromatic rings. The number of hydrogen-bond donors (Lipinski definition) is 0. The summed E-state index contributed by atoms with van der Waals surface area (Å²) in [5, 5.41) is 4.42. The van der Waals surface area contributed by atoms with E-state index >= 15 is 0 Å². The van der Waals surface area contributed by atoms with Crippen LogP contribution in [0.4, 0.5) is 0 Å². The number of nitrogens with zero attached hydrogens (tertiary/aromatic N) is 2. The second-order valence-corrected chi connectivity index (χ2v) is 5.21. The van der Waals surface area contributed by atoms with Crippen molar-refractivity contribution >= 4 is 15.9 Å². The molecule has 0 unspecified atom stereocenters. The van der Waals surface area contributed by atoms with Gasteiger partial charge >= 0.3 is 0 Å². The minimum Gasteiger partial charge on any atom is -0.497 e. The molecule has 3 rings (SSSR count). The highest BCUT2D eigenvalue weighted by Crippen LogP contribution is 2.28. The zero-order chi connectivity index (χ0) is 13.9. The first kappa shape index (κ1) is 12.9. The summed E-state index contributed by atoms with van der Waals surface area (Å²) >= 11 is 3.56. The van der Waals surface area contributed by atoms with Crippen LogP contribution in [-0.2, 0) is 0 Å². The monoisotopic (exact) mass is 328 g/mol. The fourth-order valence-corrected chi connectivity index (χ4v) is 2.57. The van der Waals surface area contributed by atoms with Crippen LogP contribution < -0.4 is 4.74 Å². The molecule has 0 fully saturated rings. The molecule has 3 nitrogen and oxygen atoms in total. The average Bonchev–Trinajstić information content (AvgIpc) is 2.97. The third-order valence-corrected chi connectivity index (χ3v) is 3.78. The van der Waals surface area contributed by atoms with Crippen LogP contribution in [0.15, 0.2) is 65.4 Å². The number of methoxy groups -OCH3 is 1. The first-order valence-corrected chi connectivity index (χ1v) is 7.01. The Morgan fingerprint density at radius 1 is 1.10 bits per heavy atom.